The molecule has 4 bridgehead atoms. The zero-order chi connectivity index (χ0) is 23.0. The predicted molar refractivity (Wildman–Crippen MR) is 138 cm³/mol. The molecule has 4 aliphatic rings. The minimum Gasteiger partial charge on any atom is -0.515 e. The van der Waals surface area contributed by atoms with Crippen LogP contribution in [-0.4, -0.2) is 6.10 Å². The van der Waals surface area contributed by atoms with Crippen LogP contribution >= 0.6 is 0 Å². The first kappa shape index (κ1) is 24.6. The SMILES string of the molecule is [CH-]=CC(CC12CC3CC(CC(C3)C1)C2)OC(c1ccccc1)(c1ccccc1)c1ccccc1.[Li+]. The van der Waals surface area contributed by atoms with E-state index in [-0.39, 0.29) is 25.0 Å². The first-order valence-corrected chi connectivity index (χ1v) is 13.1. The van der Waals surface area contributed by atoms with Crippen LogP contribution in [0.1, 0.15) is 61.6 Å². The molecule has 3 aromatic rings. The number of hydrogen-bond donors (Lipinski definition) is 0. The summed E-state index contributed by atoms with van der Waals surface area (Å²) in [5, 5.41) is 0. The largest absolute Gasteiger partial charge is 1.00 e. The van der Waals surface area contributed by atoms with Gasteiger partial charge in [0, 0.05) is 6.10 Å². The molecule has 35 heavy (non-hydrogen) atoms. The molecule has 2 heteroatoms. The summed E-state index contributed by atoms with van der Waals surface area (Å²) in [6.45, 7) is 6.39. The molecule has 0 radical (unpaired) electrons. The first-order valence-electron chi connectivity index (χ1n) is 13.1. The molecule has 0 aromatic heterocycles. The Morgan fingerprint density at radius 1 is 0.714 bits per heavy atom. The van der Waals surface area contributed by atoms with Gasteiger partial charge in [-0.2, -0.15) is 0 Å². The van der Waals surface area contributed by atoms with Gasteiger partial charge in [-0.1, -0.05) is 91.0 Å². The van der Waals surface area contributed by atoms with Crippen LogP contribution in [0.3, 0.4) is 0 Å². The van der Waals surface area contributed by atoms with Crippen LogP contribution in [0.25, 0.3) is 0 Å². The Balaban J connectivity index is 0.00000253. The summed E-state index contributed by atoms with van der Waals surface area (Å²) in [5.74, 6) is 2.77. The fourth-order valence-corrected chi connectivity index (χ4v) is 8.07. The zero-order valence-electron chi connectivity index (χ0n) is 21.0. The topological polar surface area (TPSA) is 9.23 Å². The maximum absolute atomic E-state index is 7.30. The molecule has 0 saturated heterocycles. The van der Waals surface area contributed by atoms with Crippen LogP contribution in [0.5, 0.6) is 0 Å². The van der Waals surface area contributed by atoms with E-state index in [1.54, 1.807) is 0 Å². The van der Waals surface area contributed by atoms with Gasteiger partial charge in [-0.25, -0.2) is 6.08 Å². The minimum atomic E-state index is -0.716. The second kappa shape index (κ2) is 10.1. The van der Waals surface area contributed by atoms with Crippen molar-refractivity contribution in [3.05, 3.63) is 120 Å². The molecule has 174 valence electrons. The summed E-state index contributed by atoms with van der Waals surface area (Å²) in [6.07, 6.45) is 11.2. The van der Waals surface area contributed by atoms with Gasteiger partial charge in [-0.15, -0.1) is 0 Å². The van der Waals surface area contributed by atoms with Crippen molar-refractivity contribution >= 4 is 0 Å². The summed E-state index contributed by atoms with van der Waals surface area (Å²) in [7, 11) is 0. The van der Waals surface area contributed by atoms with Crippen LogP contribution < -0.4 is 18.9 Å². The number of hydrogen-bond acceptors (Lipinski definition) is 1. The molecule has 3 aromatic carbocycles. The Morgan fingerprint density at radius 2 is 1.09 bits per heavy atom. The smallest absolute Gasteiger partial charge is 0.515 e. The molecule has 1 unspecified atom stereocenters. The average molecular weight is 455 g/mol. The fourth-order valence-electron chi connectivity index (χ4n) is 8.07. The second-order valence-electron chi connectivity index (χ2n) is 11.2. The van der Waals surface area contributed by atoms with Gasteiger partial charge in [0.15, 0.2) is 0 Å². The quantitative estimate of drug-likeness (QED) is 0.266. The molecular formula is C33H35LiO. The Bertz CT molecular complexity index is 976. The molecule has 0 N–H and O–H groups in total. The molecule has 4 saturated carbocycles. The van der Waals surface area contributed by atoms with Crippen molar-refractivity contribution in [1.29, 1.82) is 0 Å². The zero-order valence-corrected chi connectivity index (χ0v) is 21.0. The summed E-state index contributed by atoms with van der Waals surface area (Å²) >= 11 is 0. The number of rotatable bonds is 8. The van der Waals surface area contributed by atoms with Crippen molar-refractivity contribution in [1.82, 2.24) is 0 Å². The molecule has 0 aliphatic heterocycles. The van der Waals surface area contributed by atoms with E-state index in [0.29, 0.717) is 5.41 Å². The third kappa shape index (κ3) is 4.60. The van der Waals surface area contributed by atoms with E-state index in [4.69, 9.17) is 11.3 Å². The van der Waals surface area contributed by atoms with Gasteiger partial charge in [0.2, 0.25) is 0 Å². The molecular weight excluding hydrogens is 419 g/mol. The van der Waals surface area contributed by atoms with Crippen molar-refractivity contribution in [2.75, 3.05) is 0 Å². The first-order chi connectivity index (χ1) is 16.7. The summed E-state index contributed by atoms with van der Waals surface area (Å²) in [4.78, 5) is 0. The fraction of sp³-hybridized carbons (Fsp3) is 0.394. The number of ether oxygens (including phenoxy) is 1. The monoisotopic (exact) mass is 454 g/mol. The molecule has 4 fully saturated rings. The Kier molecular flexibility index (Phi) is 7.14. The molecule has 1 nitrogen and oxygen atoms in total. The van der Waals surface area contributed by atoms with E-state index in [2.05, 4.69) is 91.0 Å². The molecule has 0 spiro atoms. The third-order valence-corrected chi connectivity index (χ3v) is 8.88. The van der Waals surface area contributed by atoms with Gasteiger partial charge in [-0.3, -0.25) is 0 Å². The van der Waals surface area contributed by atoms with Gasteiger partial charge < -0.3 is 11.3 Å². The summed E-state index contributed by atoms with van der Waals surface area (Å²) in [5.41, 5.74) is 3.11. The average Bonchev–Trinajstić information content (AvgIpc) is 2.87. The van der Waals surface area contributed by atoms with Gasteiger partial charge in [0.1, 0.15) is 5.60 Å². The van der Waals surface area contributed by atoms with Crippen LogP contribution in [0, 0.1) is 29.7 Å². The van der Waals surface area contributed by atoms with Gasteiger partial charge in [0.25, 0.3) is 0 Å². The van der Waals surface area contributed by atoms with E-state index in [0.717, 1.165) is 40.9 Å². The van der Waals surface area contributed by atoms with Crippen molar-refractivity contribution in [2.45, 2.75) is 56.7 Å². The van der Waals surface area contributed by atoms with Crippen LogP contribution in [0.4, 0.5) is 0 Å². The maximum Gasteiger partial charge on any atom is 1.00 e. The standard InChI is InChI=1S/C33H35O.Li/c1-2-31(24-32-21-25-18-26(22-32)20-27(19-25)23-32)34-33(28-12-6-3-7-13-28,29-14-8-4-9-15-29)30-16-10-5-11-17-30;/h1-17,25-27,31H,18-24H2;/q-1;+1. The summed E-state index contributed by atoms with van der Waals surface area (Å²) in [6, 6.07) is 32.0. The molecule has 0 amide bonds. The second-order valence-corrected chi connectivity index (χ2v) is 11.2. The summed E-state index contributed by atoms with van der Waals surface area (Å²) < 4.78 is 7.30. The van der Waals surface area contributed by atoms with E-state index in [9.17, 15) is 0 Å². The molecule has 7 rings (SSSR count). The maximum atomic E-state index is 7.30. The number of benzene rings is 3. The van der Waals surface area contributed by atoms with Gasteiger partial charge >= 0.3 is 18.9 Å². The predicted octanol–water partition coefficient (Wildman–Crippen LogP) is 4.96. The van der Waals surface area contributed by atoms with Crippen molar-refractivity contribution in [3.63, 3.8) is 0 Å². The van der Waals surface area contributed by atoms with E-state index in [1.807, 2.05) is 6.08 Å². The van der Waals surface area contributed by atoms with Gasteiger partial charge in [-0.05, 0) is 84.8 Å². The normalized spacial score (nSPS) is 27.7. The molecule has 0 heterocycles. The van der Waals surface area contributed by atoms with Crippen molar-refractivity contribution in [3.8, 4) is 0 Å². The van der Waals surface area contributed by atoms with E-state index in [1.165, 1.54) is 38.5 Å². The Labute approximate surface area is 223 Å². The van der Waals surface area contributed by atoms with E-state index < -0.39 is 5.60 Å². The molecule has 4 aliphatic carbocycles. The van der Waals surface area contributed by atoms with Crippen LogP contribution in [0.2, 0.25) is 0 Å². The minimum absolute atomic E-state index is 0. The third-order valence-electron chi connectivity index (χ3n) is 8.88. The van der Waals surface area contributed by atoms with Gasteiger partial charge in [0.05, 0.1) is 0 Å². The van der Waals surface area contributed by atoms with Crippen LogP contribution in [0.15, 0.2) is 97.1 Å². The van der Waals surface area contributed by atoms with E-state index >= 15 is 0 Å². The van der Waals surface area contributed by atoms with Crippen LogP contribution in [-0.2, 0) is 10.3 Å². The van der Waals surface area contributed by atoms with Crippen molar-refractivity contribution < 1.29 is 23.6 Å². The Hall–Kier alpha value is -2.04. The Morgan fingerprint density at radius 3 is 1.43 bits per heavy atom. The van der Waals surface area contributed by atoms with Crippen molar-refractivity contribution in [2.24, 2.45) is 23.2 Å². The molecule has 1 atom stereocenters.